The van der Waals surface area contributed by atoms with Crippen molar-refractivity contribution in [3.8, 4) is 11.5 Å². The number of hydrogen-bond donors (Lipinski definition) is 1. The Balaban J connectivity index is 2.18. The lowest BCUT2D eigenvalue weighted by atomic mass is 10.1. The fraction of sp³-hybridized carbons (Fsp3) is 0.200. The van der Waals surface area contributed by atoms with E-state index in [1.54, 1.807) is 24.3 Å². The molecule has 0 aliphatic rings. The third-order valence-electron chi connectivity index (χ3n) is 2.80. The molecule has 100 valence electrons. The van der Waals surface area contributed by atoms with Gasteiger partial charge >= 0.3 is 0 Å². The average Bonchev–Trinajstić information content (AvgIpc) is 2.44. The molecule has 0 aliphatic heterocycles. The van der Waals surface area contributed by atoms with Crippen LogP contribution in [0.3, 0.4) is 0 Å². The van der Waals surface area contributed by atoms with Crippen molar-refractivity contribution < 1.29 is 18.6 Å². The van der Waals surface area contributed by atoms with Gasteiger partial charge in [-0.25, -0.2) is 4.39 Å². The fourth-order valence-corrected chi connectivity index (χ4v) is 1.68. The fourth-order valence-electron chi connectivity index (χ4n) is 1.68. The quantitative estimate of drug-likeness (QED) is 0.896. The lowest BCUT2D eigenvalue weighted by Crippen LogP contribution is -1.95. The average molecular weight is 264 g/mol. The van der Waals surface area contributed by atoms with Gasteiger partial charge in [-0.05, 0) is 36.2 Å². The Hall–Kier alpha value is -1.94. The van der Waals surface area contributed by atoms with Crippen molar-refractivity contribution in [2.45, 2.75) is 19.4 Å². The number of aliphatic hydroxyl groups excluding tert-OH is 1. The third kappa shape index (κ3) is 3.09. The van der Waals surface area contributed by atoms with Gasteiger partial charge < -0.3 is 9.84 Å². The van der Waals surface area contributed by atoms with E-state index in [0.29, 0.717) is 12.2 Å². The molecule has 0 saturated carbocycles. The van der Waals surface area contributed by atoms with Crippen LogP contribution in [0.25, 0.3) is 0 Å². The molecule has 2 aromatic carbocycles. The molecular weight excluding hydrogens is 250 g/mol. The molecule has 0 aliphatic carbocycles. The molecule has 2 rings (SSSR count). The molecule has 0 bridgehead atoms. The smallest absolute Gasteiger partial charge is 0.201 e. The van der Waals surface area contributed by atoms with Crippen molar-refractivity contribution >= 4 is 0 Å². The summed E-state index contributed by atoms with van der Waals surface area (Å²) in [6.07, 6.45) is 0.0820. The second kappa shape index (κ2) is 5.80. The van der Waals surface area contributed by atoms with Gasteiger partial charge in [-0.3, -0.25) is 0 Å². The molecule has 0 aromatic heterocycles. The lowest BCUT2D eigenvalue weighted by Gasteiger charge is -2.10. The standard InChI is InChI=1S/C15H14F2O2/c1-2-13(18)10-6-8-11(9-7-10)19-14-5-3-4-12(16)15(14)17/h3-9,13,18H,2H2,1H3/t13-/m0/s1. The molecule has 2 aromatic rings. The van der Waals surface area contributed by atoms with E-state index >= 15 is 0 Å². The van der Waals surface area contributed by atoms with Crippen LogP contribution in [0.4, 0.5) is 8.78 Å². The Morgan fingerprint density at radius 2 is 1.79 bits per heavy atom. The maximum atomic E-state index is 13.4. The van der Waals surface area contributed by atoms with Crippen LogP contribution in [0.15, 0.2) is 42.5 Å². The normalized spacial score (nSPS) is 12.2. The molecule has 0 fully saturated rings. The monoisotopic (exact) mass is 264 g/mol. The molecule has 0 saturated heterocycles. The molecule has 0 unspecified atom stereocenters. The second-order valence-electron chi connectivity index (χ2n) is 4.15. The highest BCUT2D eigenvalue weighted by Gasteiger charge is 2.10. The molecule has 19 heavy (non-hydrogen) atoms. The maximum absolute atomic E-state index is 13.4. The first-order chi connectivity index (χ1) is 9.11. The van der Waals surface area contributed by atoms with Crippen LogP contribution in [0.5, 0.6) is 11.5 Å². The maximum Gasteiger partial charge on any atom is 0.201 e. The summed E-state index contributed by atoms with van der Waals surface area (Å²) in [7, 11) is 0. The summed E-state index contributed by atoms with van der Waals surface area (Å²) < 4.78 is 31.7. The third-order valence-corrected chi connectivity index (χ3v) is 2.80. The molecular formula is C15H14F2O2. The second-order valence-corrected chi connectivity index (χ2v) is 4.15. The zero-order valence-corrected chi connectivity index (χ0v) is 10.4. The summed E-state index contributed by atoms with van der Waals surface area (Å²) >= 11 is 0. The van der Waals surface area contributed by atoms with Gasteiger partial charge in [0.25, 0.3) is 0 Å². The number of hydrogen-bond acceptors (Lipinski definition) is 2. The summed E-state index contributed by atoms with van der Waals surface area (Å²) in [4.78, 5) is 0. The van der Waals surface area contributed by atoms with Crippen molar-refractivity contribution in [3.05, 3.63) is 59.7 Å². The van der Waals surface area contributed by atoms with E-state index in [-0.39, 0.29) is 5.75 Å². The highest BCUT2D eigenvalue weighted by Crippen LogP contribution is 2.27. The number of benzene rings is 2. The summed E-state index contributed by atoms with van der Waals surface area (Å²) in [5, 5.41) is 9.64. The minimum Gasteiger partial charge on any atom is -0.454 e. The van der Waals surface area contributed by atoms with Crippen LogP contribution >= 0.6 is 0 Å². The van der Waals surface area contributed by atoms with Crippen LogP contribution < -0.4 is 4.74 Å². The van der Waals surface area contributed by atoms with E-state index in [0.717, 1.165) is 11.6 Å². The molecule has 0 spiro atoms. The van der Waals surface area contributed by atoms with Gasteiger partial charge in [0.2, 0.25) is 5.82 Å². The number of ether oxygens (including phenoxy) is 1. The van der Waals surface area contributed by atoms with Gasteiger partial charge in [-0.1, -0.05) is 25.1 Å². The highest BCUT2D eigenvalue weighted by molar-refractivity contribution is 5.34. The Morgan fingerprint density at radius 1 is 1.11 bits per heavy atom. The summed E-state index contributed by atoms with van der Waals surface area (Å²) in [5.41, 5.74) is 0.759. The summed E-state index contributed by atoms with van der Waals surface area (Å²) in [6.45, 7) is 1.87. The van der Waals surface area contributed by atoms with Crippen molar-refractivity contribution in [2.75, 3.05) is 0 Å². The van der Waals surface area contributed by atoms with Gasteiger partial charge in [0.05, 0.1) is 6.10 Å². The molecule has 0 radical (unpaired) electrons. The summed E-state index contributed by atoms with van der Waals surface area (Å²) in [5.74, 6) is -1.74. The van der Waals surface area contributed by atoms with E-state index in [1.165, 1.54) is 12.1 Å². The molecule has 4 heteroatoms. The van der Waals surface area contributed by atoms with Crippen LogP contribution in [0, 0.1) is 11.6 Å². The first kappa shape index (κ1) is 13.5. The Morgan fingerprint density at radius 3 is 2.42 bits per heavy atom. The van der Waals surface area contributed by atoms with E-state index in [1.807, 2.05) is 6.92 Å². The number of rotatable bonds is 4. The highest BCUT2D eigenvalue weighted by atomic mass is 19.2. The Bertz CT molecular complexity index is 553. The van der Waals surface area contributed by atoms with Gasteiger partial charge in [0.1, 0.15) is 5.75 Å². The Kier molecular flexibility index (Phi) is 4.12. The van der Waals surface area contributed by atoms with Gasteiger partial charge in [0.15, 0.2) is 11.6 Å². The van der Waals surface area contributed by atoms with E-state index < -0.39 is 17.7 Å². The van der Waals surface area contributed by atoms with Crippen molar-refractivity contribution in [1.82, 2.24) is 0 Å². The van der Waals surface area contributed by atoms with Gasteiger partial charge in [0, 0.05) is 0 Å². The van der Waals surface area contributed by atoms with Crippen molar-refractivity contribution in [3.63, 3.8) is 0 Å². The van der Waals surface area contributed by atoms with Gasteiger partial charge in [-0.15, -0.1) is 0 Å². The largest absolute Gasteiger partial charge is 0.454 e. The van der Waals surface area contributed by atoms with Crippen LogP contribution in [-0.2, 0) is 0 Å². The molecule has 0 amide bonds. The Labute approximate surface area is 110 Å². The van der Waals surface area contributed by atoms with Crippen molar-refractivity contribution in [1.29, 1.82) is 0 Å². The molecule has 1 N–H and O–H groups in total. The van der Waals surface area contributed by atoms with E-state index in [4.69, 9.17) is 4.74 Å². The van der Waals surface area contributed by atoms with Crippen LogP contribution in [-0.4, -0.2) is 5.11 Å². The number of halogens is 2. The predicted molar refractivity (Wildman–Crippen MR) is 68.1 cm³/mol. The topological polar surface area (TPSA) is 29.5 Å². The van der Waals surface area contributed by atoms with E-state index in [2.05, 4.69) is 0 Å². The minimum absolute atomic E-state index is 0.163. The molecule has 1 atom stereocenters. The zero-order chi connectivity index (χ0) is 13.8. The SMILES string of the molecule is CC[C@H](O)c1ccc(Oc2cccc(F)c2F)cc1. The zero-order valence-electron chi connectivity index (χ0n) is 10.4. The van der Waals surface area contributed by atoms with Crippen LogP contribution in [0.2, 0.25) is 0 Å². The molecule has 2 nitrogen and oxygen atoms in total. The van der Waals surface area contributed by atoms with Crippen LogP contribution in [0.1, 0.15) is 25.0 Å². The van der Waals surface area contributed by atoms with Gasteiger partial charge in [-0.2, -0.15) is 4.39 Å². The lowest BCUT2D eigenvalue weighted by molar-refractivity contribution is 0.173. The minimum atomic E-state index is -1.01. The van der Waals surface area contributed by atoms with Crippen molar-refractivity contribution in [2.24, 2.45) is 0 Å². The molecule has 0 heterocycles. The summed E-state index contributed by atoms with van der Waals surface area (Å²) in [6, 6.07) is 10.4. The number of aliphatic hydroxyl groups is 1. The van der Waals surface area contributed by atoms with E-state index in [9.17, 15) is 13.9 Å². The predicted octanol–water partition coefficient (Wildman–Crippen LogP) is 4.20. The first-order valence-electron chi connectivity index (χ1n) is 6.01. The first-order valence-corrected chi connectivity index (χ1v) is 6.01.